The van der Waals surface area contributed by atoms with Gasteiger partial charge in [0, 0.05) is 5.70 Å². The van der Waals surface area contributed by atoms with Gasteiger partial charge >= 0.3 is 5.97 Å². The lowest BCUT2D eigenvalue weighted by atomic mass is 9.94. The van der Waals surface area contributed by atoms with Gasteiger partial charge in [-0.2, -0.15) is 0 Å². The Morgan fingerprint density at radius 1 is 1.16 bits per heavy atom. The van der Waals surface area contributed by atoms with Crippen molar-refractivity contribution in [3.8, 4) is 0 Å². The second kappa shape index (κ2) is 6.09. The van der Waals surface area contributed by atoms with Gasteiger partial charge in [-0.05, 0) is 24.1 Å². The van der Waals surface area contributed by atoms with Gasteiger partial charge in [0.1, 0.15) is 0 Å². The number of carbonyl (C=O) groups is 1. The second-order valence-corrected chi connectivity index (χ2v) is 5.97. The summed E-state index contributed by atoms with van der Waals surface area (Å²) >= 11 is 0. The maximum absolute atomic E-state index is 12.6. The molecule has 0 saturated heterocycles. The molecule has 5 nitrogen and oxygen atoms in total. The molecule has 0 unspecified atom stereocenters. The Morgan fingerprint density at radius 3 is 2.60 bits per heavy atom. The van der Waals surface area contributed by atoms with E-state index in [-0.39, 0.29) is 12.0 Å². The van der Waals surface area contributed by atoms with Gasteiger partial charge in [-0.25, -0.2) is 9.78 Å². The third-order valence-electron chi connectivity index (χ3n) is 4.59. The number of esters is 1. The van der Waals surface area contributed by atoms with Gasteiger partial charge < -0.3 is 10.1 Å². The third kappa shape index (κ3) is 2.39. The van der Waals surface area contributed by atoms with E-state index in [1.165, 1.54) is 7.11 Å². The largest absolute Gasteiger partial charge is 0.466 e. The molecule has 1 N–H and O–H groups in total. The quantitative estimate of drug-likeness (QED) is 0.739. The predicted molar refractivity (Wildman–Crippen MR) is 97.3 cm³/mol. The van der Waals surface area contributed by atoms with Gasteiger partial charge in [-0.3, -0.25) is 4.57 Å². The minimum atomic E-state index is -0.318. The summed E-state index contributed by atoms with van der Waals surface area (Å²) in [6, 6.07) is 17.7. The summed E-state index contributed by atoms with van der Waals surface area (Å²) in [5, 5.41) is 3.33. The van der Waals surface area contributed by atoms with Gasteiger partial charge in [-0.15, -0.1) is 0 Å². The maximum Gasteiger partial charge on any atom is 0.338 e. The van der Waals surface area contributed by atoms with Gasteiger partial charge in [0.05, 0.1) is 29.8 Å². The number of anilines is 1. The molecule has 2 heterocycles. The van der Waals surface area contributed by atoms with Gasteiger partial charge in [-0.1, -0.05) is 49.4 Å². The third-order valence-corrected chi connectivity index (χ3v) is 4.59. The number of hydrogen-bond acceptors (Lipinski definition) is 4. The first-order valence-electron chi connectivity index (χ1n) is 8.35. The average molecular weight is 333 g/mol. The Balaban J connectivity index is 2.03. The molecule has 5 heteroatoms. The van der Waals surface area contributed by atoms with Crippen molar-refractivity contribution >= 4 is 23.0 Å². The minimum absolute atomic E-state index is 0.271. The molecule has 1 aromatic heterocycles. The molecule has 2 aromatic carbocycles. The van der Waals surface area contributed by atoms with E-state index in [2.05, 4.69) is 9.88 Å². The molecule has 0 spiro atoms. The van der Waals surface area contributed by atoms with Crippen LogP contribution in [0.3, 0.4) is 0 Å². The fraction of sp³-hybridized carbons (Fsp3) is 0.200. The second-order valence-electron chi connectivity index (χ2n) is 5.97. The number of para-hydroxylation sites is 2. The van der Waals surface area contributed by atoms with Crippen LogP contribution in [-0.4, -0.2) is 22.6 Å². The van der Waals surface area contributed by atoms with Crippen molar-refractivity contribution in [2.24, 2.45) is 0 Å². The number of nitrogens with one attached hydrogen (secondary N) is 1. The number of rotatable bonds is 3. The molecule has 0 aliphatic carbocycles. The van der Waals surface area contributed by atoms with Crippen LogP contribution in [0.2, 0.25) is 0 Å². The van der Waals surface area contributed by atoms with E-state index in [1.807, 2.05) is 61.5 Å². The van der Waals surface area contributed by atoms with Crippen molar-refractivity contribution in [2.75, 3.05) is 12.4 Å². The first-order valence-corrected chi connectivity index (χ1v) is 8.35. The highest BCUT2D eigenvalue weighted by Gasteiger charge is 2.35. The number of ether oxygens (including phenoxy) is 1. The molecule has 1 atom stereocenters. The van der Waals surface area contributed by atoms with Crippen LogP contribution in [-0.2, 0) is 9.53 Å². The molecule has 0 saturated carbocycles. The standard InChI is InChI=1S/C20H19N3O2/c1-3-14-17(19(24)25-2)18(13-9-5-4-6-10-13)23-16-12-8-7-11-15(16)22-20(23)21-14/h4-12,18H,3H2,1-2H3,(H,21,22)/t18-/m0/s1. The Bertz CT molecular complexity index is 973. The topological polar surface area (TPSA) is 56.2 Å². The van der Waals surface area contributed by atoms with E-state index in [4.69, 9.17) is 9.72 Å². The van der Waals surface area contributed by atoms with Crippen LogP contribution < -0.4 is 5.32 Å². The predicted octanol–water partition coefficient (Wildman–Crippen LogP) is 3.89. The number of aromatic nitrogens is 2. The van der Waals surface area contributed by atoms with Crippen LogP contribution in [0.25, 0.3) is 11.0 Å². The van der Waals surface area contributed by atoms with E-state index < -0.39 is 0 Å². The summed E-state index contributed by atoms with van der Waals surface area (Å²) in [6.45, 7) is 2.02. The normalized spacial score (nSPS) is 16.5. The highest BCUT2D eigenvalue weighted by molar-refractivity contribution is 5.94. The molecule has 0 radical (unpaired) electrons. The summed E-state index contributed by atoms with van der Waals surface area (Å²) in [5.41, 5.74) is 4.39. The molecule has 25 heavy (non-hydrogen) atoms. The number of methoxy groups -OCH3 is 1. The van der Waals surface area contributed by atoms with Gasteiger partial charge in [0.25, 0.3) is 0 Å². The summed E-state index contributed by atoms with van der Waals surface area (Å²) in [6.07, 6.45) is 0.691. The minimum Gasteiger partial charge on any atom is -0.466 e. The van der Waals surface area contributed by atoms with Crippen molar-refractivity contribution in [3.63, 3.8) is 0 Å². The highest BCUT2D eigenvalue weighted by Crippen LogP contribution is 2.40. The molecular formula is C20H19N3O2. The molecule has 0 fully saturated rings. The van der Waals surface area contributed by atoms with E-state index in [0.717, 1.165) is 28.2 Å². The first kappa shape index (κ1) is 15.4. The van der Waals surface area contributed by atoms with Crippen molar-refractivity contribution in [1.82, 2.24) is 9.55 Å². The molecule has 1 aliphatic heterocycles. The van der Waals surface area contributed by atoms with Crippen molar-refractivity contribution < 1.29 is 9.53 Å². The smallest absolute Gasteiger partial charge is 0.338 e. The van der Waals surface area contributed by atoms with Crippen LogP contribution >= 0.6 is 0 Å². The SMILES string of the molecule is CCC1=C(C(=O)OC)[C@H](c2ccccc2)n2c(nc3ccccc32)N1. The maximum atomic E-state index is 12.6. The van der Waals surface area contributed by atoms with Crippen LogP contribution in [0.4, 0.5) is 5.95 Å². The first-order chi connectivity index (χ1) is 12.2. The summed E-state index contributed by atoms with van der Waals surface area (Å²) in [7, 11) is 1.42. The summed E-state index contributed by atoms with van der Waals surface area (Å²) in [4.78, 5) is 17.3. The van der Waals surface area contributed by atoms with Crippen LogP contribution in [0.15, 0.2) is 65.9 Å². The number of allylic oxidation sites excluding steroid dienone is 1. The van der Waals surface area contributed by atoms with Crippen molar-refractivity contribution in [2.45, 2.75) is 19.4 Å². The van der Waals surface area contributed by atoms with E-state index in [9.17, 15) is 4.79 Å². The van der Waals surface area contributed by atoms with Crippen molar-refractivity contribution in [1.29, 1.82) is 0 Å². The lowest BCUT2D eigenvalue weighted by Gasteiger charge is -2.30. The lowest BCUT2D eigenvalue weighted by Crippen LogP contribution is -2.29. The number of imidazole rings is 1. The lowest BCUT2D eigenvalue weighted by molar-refractivity contribution is -0.136. The monoisotopic (exact) mass is 333 g/mol. The molecule has 4 rings (SSSR count). The van der Waals surface area contributed by atoms with E-state index in [1.54, 1.807) is 0 Å². The van der Waals surface area contributed by atoms with Crippen LogP contribution in [0.5, 0.6) is 0 Å². The van der Waals surface area contributed by atoms with Crippen molar-refractivity contribution in [3.05, 3.63) is 71.4 Å². The fourth-order valence-corrected chi connectivity index (χ4v) is 3.47. The number of hydrogen-bond donors (Lipinski definition) is 1. The zero-order valence-electron chi connectivity index (χ0n) is 14.2. The van der Waals surface area contributed by atoms with E-state index >= 15 is 0 Å². The van der Waals surface area contributed by atoms with E-state index in [0.29, 0.717) is 12.0 Å². The Hall–Kier alpha value is -3.08. The van der Waals surface area contributed by atoms with Crippen LogP contribution in [0.1, 0.15) is 24.9 Å². The van der Waals surface area contributed by atoms with Gasteiger partial charge in [0.2, 0.25) is 5.95 Å². The zero-order valence-corrected chi connectivity index (χ0v) is 14.2. The molecular weight excluding hydrogens is 314 g/mol. The Morgan fingerprint density at radius 2 is 1.88 bits per heavy atom. The number of nitrogens with zero attached hydrogens (tertiary/aromatic N) is 2. The Kier molecular flexibility index (Phi) is 3.76. The van der Waals surface area contributed by atoms with Crippen LogP contribution in [0, 0.1) is 0 Å². The molecule has 3 aromatic rings. The molecule has 0 amide bonds. The zero-order chi connectivity index (χ0) is 17.4. The number of fused-ring (bicyclic) bond motifs is 3. The number of benzene rings is 2. The fourth-order valence-electron chi connectivity index (χ4n) is 3.47. The summed E-state index contributed by atoms with van der Waals surface area (Å²) < 4.78 is 7.19. The molecule has 126 valence electrons. The summed E-state index contributed by atoms with van der Waals surface area (Å²) in [5.74, 6) is 0.432. The molecule has 0 bridgehead atoms. The molecule has 1 aliphatic rings. The van der Waals surface area contributed by atoms with Gasteiger partial charge in [0.15, 0.2) is 0 Å². The highest BCUT2D eigenvalue weighted by atomic mass is 16.5. The number of carbonyl (C=O) groups excluding carboxylic acids is 1. The average Bonchev–Trinajstić information content (AvgIpc) is 3.04. The Labute approximate surface area is 145 Å².